The highest BCUT2D eigenvalue weighted by Gasteiger charge is 2.15. The molecule has 8 nitrogen and oxygen atoms in total. The van der Waals surface area contributed by atoms with Crippen LogP contribution in [0.3, 0.4) is 0 Å². The van der Waals surface area contributed by atoms with Crippen LogP contribution < -0.4 is 14.8 Å². The Bertz CT molecular complexity index is 1590. The van der Waals surface area contributed by atoms with Crippen molar-refractivity contribution in [1.29, 1.82) is 5.26 Å². The van der Waals surface area contributed by atoms with Gasteiger partial charge in [0.25, 0.3) is 5.91 Å². The summed E-state index contributed by atoms with van der Waals surface area (Å²) in [5.41, 5.74) is 3.52. The SMILES string of the molecule is CCOc1cc(/C=C(/C#N)C(=O)NCCc2c[nH]c3ccccc23)cc(Br)c1OCc1cccc(C(=O)O)c1. The molecule has 1 amide bonds. The van der Waals surface area contributed by atoms with Gasteiger partial charge in [0.1, 0.15) is 18.2 Å². The summed E-state index contributed by atoms with van der Waals surface area (Å²) in [6.07, 6.45) is 4.04. The minimum atomic E-state index is -1.01. The molecule has 39 heavy (non-hydrogen) atoms. The number of amides is 1. The summed E-state index contributed by atoms with van der Waals surface area (Å²) >= 11 is 3.50. The molecule has 9 heteroatoms. The zero-order chi connectivity index (χ0) is 27.8. The van der Waals surface area contributed by atoms with Crippen LogP contribution in [0, 0.1) is 11.3 Å². The molecule has 4 rings (SSSR count). The number of H-pyrrole nitrogens is 1. The molecule has 3 aromatic carbocycles. The molecule has 0 unspecified atom stereocenters. The Morgan fingerprint density at radius 3 is 2.72 bits per heavy atom. The molecule has 0 saturated heterocycles. The van der Waals surface area contributed by atoms with Crippen LogP contribution in [-0.4, -0.2) is 35.1 Å². The molecule has 0 radical (unpaired) electrons. The Balaban J connectivity index is 1.46. The number of nitriles is 1. The molecule has 0 atom stereocenters. The molecule has 1 heterocycles. The summed E-state index contributed by atoms with van der Waals surface area (Å²) in [7, 11) is 0. The van der Waals surface area contributed by atoms with Crippen molar-refractivity contribution >= 4 is 44.8 Å². The zero-order valence-electron chi connectivity index (χ0n) is 21.2. The number of hydrogen-bond acceptors (Lipinski definition) is 5. The number of nitrogens with one attached hydrogen (secondary N) is 2. The second kappa shape index (κ2) is 12.8. The lowest BCUT2D eigenvalue weighted by atomic mass is 10.1. The van der Waals surface area contributed by atoms with Crippen LogP contribution in [-0.2, 0) is 17.8 Å². The fraction of sp³-hybridized carbons (Fsp3) is 0.167. The molecule has 4 aromatic rings. The first kappa shape index (κ1) is 27.5. The van der Waals surface area contributed by atoms with Gasteiger partial charge in [-0.15, -0.1) is 0 Å². The van der Waals surface area contributed by atoms with E-state index in [0.717, 1.165) is 16.5 Å². The molecule has 0 spiro atoms. The number of carbonyl (C=O) groups excluding carboxylic acids is 1. The van der Waals surface area contributed by atoms with Crippen LogP contribution in [0.5, 0.6) is 11.5 Å². The van der Waals surface area contributed by atoms with E-state index in [1.54, 1.807) is 30.3 Å². The lowest BCUT2D eigenvalue weighted by Gasteiger charge is -2.15. The van der Waals surface area contributed by atoms with E-state index in [-0.39, 0.29) is 17.7 Å². The number of hydrogen-bond donors (Lipinski definition) is 3. The van der Waals surface area contributed by atoms with E-state index in [2.05, 4.69) is 26.2 Å². The van der Waals surface area contributed by atoms with E-state index in [1.165, 1.54) is 12.1 Å². The van der Waals surface area contributed by atoms with Gasteiger partial charge in [-0.2, -0.15) is 5.26 Å². The summed E-state index contributed by atoms with van der Waals surface area (Å²) < 4.78 is 12.3. The predicted octanol–water partition coefficient (Wildman–Crippen LogP) is 5.87. The van der Waals surface area contributed by atoms with Gasteiger partial charge in [0, 0.05) is 23.6 Å². The maximum absolute atomic E-state index is 12.7. The minimum Gasteiger partial charge on any atom is -0.490 e. The summed E-state index contributed by atoms with van der Waals surface area (Å²) in [5, 5.41) is 22.8. The van der Waals surface area contributed by atoms with Crippen molar-refractivity contribution in [3.63, 3.8) is 0 Å². The number of nitrogens with zero attached hydrogens (tertiary/aromatic N) is 1. The van der Waals surface area contributed by atoms with Crippen molar-refractivity contribution in [2.24, 2.45) is 0 Å². The van der Waals surface area contributed by atoms with Gasteiger partial charge in [-0.3, -0.25) is 4.79 Å². The number of carbonyl (C=O) groups is 2. The number of carboxylic acid groups (broad SMARTS) is 1. The first-order valence-electron chi connectivity index (χ1n) is 12.3. The number of halogens is 1. The third kappa shape index (κ3) is 6.86. The normalized spacial score (nSPS) is 11.2. The third-order valence-electron chi connectivity index (χ3n) is 5.92. The molecule has 3 N–H and O–H groups in total. The van der Waals surface area contributed by atoms with Gasteiger partial charge in [-0.05, 0) is 82.4 Å². The van der Waals surface area contributed by atoms with Gasteiger partial charge in [0.05, 0.1) is 16.6 Å². The summed E-state index contributed by atoms with van der Waals surface area (Å²) in [5.74, 6) is -0.634. The van der Waals surface area contributed by atoms with Crippen molar-refractivity contribution < 1.29 is 24.2 Å². The van der Waals surface area contributed by atoms with Crippen LogP contribution in [0.25, 0.3) is 17.0 Å². The fourth-order valence-electron chi connectivity index (χ4n) is 4.08. The number of aromatic nitrogens is 1. The first-order valence-corrected chi connectivity index (χ1v) is 13.0. The number of aromatic amines is 1. The number of rotatable bonds is 11. The highest BCUT2D eigenvalue weighted by Crippen LogP contribution is 2.38. The molecule has 198 valence electrons. The van der Waals surface area contributed by atoms with Crippen LogP contribution in [0.1, 0.15) is 34.0 Å². The summed E-state index contributed by atoms with van der Waals surface area (Å²) in [6.45, 7) is 2.70. The highest BCUT2D eigenvalue weighted by atomic mass is 79.9. The van der Waals surface area contributed by atoms with Crippen LogP contribution >= 0.6 is 15.9 Å². The summed E-state index contributed by atoms with van der Waals surface area (Å²) in [4.78, 5) is 27.2. The Morgan fingerprint density at radius 1 is 1.13 bits per heavy atom. The Morgan fingerprint density at radius 2 is 1.95 bits per heavy atom. The molecule has 0 saturated carbocycles. The second-order valence-corrected chi connectivity index (χ2v) is 9.45. The maximum Gasteiger partial charge on any atom is 0.335 e. The largest absolute Gasteiger partial charge is 0.490 e. The van der Waals surface area contributed by atoms with Crippen molar-refractivity contribution in [3.05, 3.63) is 99.2 Å². The third-order valence-corrected chi connectivity index (χ3v) is 6.51. The average Bonchev–Trinajstić information content (AvgIpc) is 3.34. The standard InChI is InChI=1S/C30H26BrN3O5/c1-2-38-27-15-20(14-25(31)28(27)39-18-19-6-5-7-21(12-19)30(36)37)13-23(16-32)29(35)33-11-10-22-17-34-26-9-4-3-8-24(22)26/h3-9,12-15,17,34H,2,10-11,18H2,1H3,(H,33,35)(H,36,37)/b23-13-. The number of ether oxygens (including phenoxy) is 2. The predicted molar refractivity (Wildman–Crippen MR) is 152 cm³/mol. The van der Waals surface area contributed by atoms with Crippen molar-refractivity contribution in [1.82, 2.24) is 10.3 Å². The van der Waals surface area contributed by atoms with Gasteiger partial charge in [0.15, 0.2) is 11.5 Å². The molecule has 0 aliphatic rings. The van der Waals surface area contributed by atoms with Gasteiger partial charge in [0.2, 0.25) is 0 Å². The van der Waals surface area contributed by atoms with E-state index in [0.29, 0.717) is 46.7 Å². The molecular weight excluding hydrogens is 562 g/mol. The fourth-order valence-corrected chi connectivity index (χ4v) is 4.66. The zero-order valence-corrected chi connectivity index (χ0v) is 22.7. The van der Waals surface area contributed by atoms with Gasteiger partial charge < -0.3 is 24.9 Å². The maximum atomic E-state index is 12.7. The minimum absolute atomic E-state index is 0.0394. The van der Waals surface area contributed by atoms with E-state index in [9.17, 15) is 20.0 Å². The van der Waals surface area contributed by atoms with Gasteiger partial charge >= 0.3 is 5.97 Å². The second-order valence-electron chi connectivity index (χ2n) is 8.59. The van der Waals surface area contributed by atoms with E-state index < -0.39 is 11.9 Å². The number of carboxylic acids is 1. The van der Waals surface area contributed by atoms with E-state index in [1.807, 2.05) is 43.5 Å². The topological polar surface area (TPSA) is 124 Å². The molecule has 0 aliphatic carbocycles. The molecule has 1 aromatic heterocycles. The van der Waals surface area contributed by atoms with Crippen molar-refractivity contribution in [3.8, 4) is 17.6 Å². The lowest BCUT2D eigenvalue weighted by molar-refractivity contribution is -0.117. The molecule has 0 fully saturated rings. The van der Waals surface area contributed by atoms with Crippen molar-refractivity contribution in [2.75, 3.05) is 13.2 Å². The molecular formula is C30H26BrN3O5. The number of benzene rings is 3. The Hall–Kier alpha value is -4.55. The van der Waals surface area contributed by atoms with E-state index >= 15 is 0 Å². The molecule has 0 aliphatic heterocycles. The smallest absolute Gasteiger partial charge is 0.335 e. The van der Waals surface area contributed by atoms with Crippen LogP contribution in [0.2, 0.25) is 0 Å². The molecule has 0 bridgehead atoms. The number of aromatic carboxylic acids is 1. The van der Waals surface area contributed by atoms with Crippen LogP contribution in [0.15, 0.2) is 76.9 Å². The van der Waals surface area contributed by atoms with Crippen LogP contribution in [0.4, 0.5) is 0 Å². The lowest BCUT2D eigenvalue weighted by Crippen LogP contribution is -2.26. The van der Waals surface area contributed by atoms with Gasteiger partial charge in [-0.25, -0.2) is 4.79 Å². The number of fused-ring (bicyclic) bond motifs is 1. The quantitative estimate of drug-likeness (QED) is 0.149. The first-order chi connectivity index (χ1) is 18.9. The monoisotopic (exact) mass is 587 g/mol. The highest BCUT2D eigenvalue weighted by molar-refractivity contribution is 9.10. The summed E-state index contributed by atoms with van der Waals surface area (Å²) in [6, 6.07) is 19.8. The number of para-hydroxylation sites is 1. The average molecular weight is 588 g/mol. The Kier molecular flexibility index (Phi) is 9.02. The van der Waals surface area contributed by atoms with Crippen molar-refractivity contribution in [2.45, 2.75) is 20.0 Å². The van der Waals surface area contributed by atoms with E-state index in [4.69, 9.17) is 9.47 Å². The van der Waals surface area contributed by atoms with Gasteiger partial charge in [-0.1, -0.05) is 30.3 Å². The Labute approximate surface area is 234 Å².